The molecule has 5 heteroatoms. The van der Waals surface area contributed by atoms with Crippen molar-refractivity contribution in [1.29, 1.82) is 0 Å². The molecule has 0 radical (unpaired) electrons. The fraction of sp³-hybridized carbons (Fsp3) is 0.867. The summed E-state index contributed by atoms with van der Waals surface area (Å²) >= 11 is 0. The first-order chi connectivity index (χ1) is 9.47. The number of carboxylic acid groups (broad SMARTS) is 1. The summed E-state index contributed by atoms with van der Waals surface area (Å²) in [4.78, 5) is 25.1. The average molecular weight is 282 g/mol. The van der Waals surface area contributed by atoms with Crippen LogP contribution in [-0.4, -0.2) is 47.6 Å². The summed E-state index contributed by atoms with van der Waals surface area (Å²) in [7, 11) is 0. The van der Waals surface area contributed by atoms with Gasteiger partial charge in [0.15, 0.2) is 0 Å². The van der Waals surface area contributed by atoms with Crippen LogP contribution in [0.15, 0.2) is 0 Å². The molecule has 1 aliphatic carbocycles. The number of piperidine rings is 1. The highest BCUT2D eigenvalue weighted by atomic mass is 16.4. The lowest BCUT2D eigenvalue weighted by atomic mass is 9.85. The van der Waals surface area contributed by atoms with Gasteiger partial charge in [0.2, 0.25) is 5.91 Å². The van der Waals surface area contributed by atoms with Gasteiger partial charge in [-0.1, -0.05) is 20.3 Å². The first kappa shape index (κ1) is 15.3. The molecule has 1 aliphatic heterocycles. The smallest absolute Gasteiger partial charge is 0.308 e. The van der Waals surface area contributed by atoms with Gasteiger partial charge >= 0.3 is 5.97 Å². The predicted molar refractivity (Wildman–Crippen MR) is 76.3 cm³/mol. The number of carboxylic acids is 1. The Morgan fingerprint density at radius 2 is 2.00 bits per heavy atom. The molecule has 0 bridgehead atoms. The average Bonchev–Trinajstić information content (AvgIpc) is 2.35. The van der Waals surface area contributed by atoms with E-state index < -0.39 is 11.9 Å². The van der Waals surface area contributed by atoms with Gasteiger partial charge in [-0.15, -0.1) is 0 Å². The zero-order valence-electron chi connectivity index (χ0n) is 12.5. The van der Waals surface area contributed by atoms with Crippen LogP contribution >= 0.6 is 0 Å². The van der Waals surface area contributed by atoms with Gasteiger partial charge in [-0.3, -0.25) is 9.59 Å². The van der Waals surface area contributed by atoms with Crippen molar-refractivity contribution in [2.75, 3.05) is 19.6 Å². The maximum atomic E-state index is 12.1. The van der Waals surface area contributed by atoms with Crippen molar-refractivity contribution in [2.24, 2.45) is 17.8 Å². The van der Waals surface area contributed by atoms with Gasteiger partial charge in [0.05, 0.1) is 5.92 Å². The van der Waals surface area contributed by atoms with Gasteiger partial charge in [-0.05, 0) is 31.7 Å². The molecular weight excluding hydrogens is 256 g/mol. The Kier molecular flexibility index (Phi) is 5.02. The first-order valence-electron chi connectivity index (χ1n) is 7.72. The van der Waals surface area contributed by atoms with Gasteiger partial charge in [-0.25, -0.2) is 0 Å². The van der Waals surface area contributed by atoms with Gasteiger partial charge in [0, 0.05) is 25.0 Å². The van der Waals surface area contributed by atoms with Crippen molar-refractivity contribution < 1.29 is 14.7 Å². The third kappa shape index (κ3) is 3.72. The molecule has 1 saturated heterocycles. The number of likely N-dealkylation sites (tertiary alicyclic amines) is 1. The molecule has 2 atom stereocenters. The minimum absolute atomic E-state index is 0.0615. The van der Waals surface area contributed by atoms with Crippen molar-refractivity contribution in [2.45, 2.75) is 45.6 Å². The van der Waals surface area contributed by atoms with Crippen LogP contribution in [0.2, 0.25) is 0 Å². The molecule has 0 aromatic heterocycles. The van der Waals surface area contributed by atoms with E-state index in [2.05, 4.69) is 5.32 Å². The third-order valence-electron chi connectivity index (χ3n) is 4.53. The molecule has 114 valence electrons. The number of hydrogen-bond donors (Lipinski definition) is 2. The summed E-state index contributed by atoms with van der Waals surface area (Å²) in [6, 6.07) is 0.119. The van der Waals surface area contributed by atoms with Gasteiger partial charge < -0.3 is 15.3 Å². The number of nitrogens with zero attached hydrogens (tertiary/aromatic N) is 1. The minimum atomic E-state index is -0.790. The van der Waals surface area contributed by atoms with Crippen molar-refractivity contribution in [1.82, 2.24) is 10.2 Å². The summed E-state index contributed by atoms with van der Waals surface area (Å²) < 4.78 is 0. The molecule has 2 N–H and O–H groups in total. The molecule has 5 nitrogen and oxygen atoms in total. The van der Waals surface area contributed by atoms with Crippen LogP contribution < -0.4 is 5.32 Å². The van der Waals surface area contributed by atoms with Gasteiger partial charge in [0.25, 0.3) is 0 Å². The number of hydrogen-bond acceptors (Lipinski definition) is 3. The maximum Gasteiger partial charge on any atom is 0.308 e. The molecule has 0 aromatic rings. The number of rotatable bonds is 5. The van der Waals surface area contributed by atoms with Crippen molar-refractivity contribution in [3.8, 4) is 0 Å². The largest absolute Gasteiger partial charge is 0.481 e. The van der Waals surface area contributed by atoms with E-state index in [1.54, 1.807) is 4.90 Å². The maximum absolute atomic E-state index is 12.1. The highest BCUT2D eigenvalue weighted by Gasteiger charge is 2.34. The second kappa shape index (κ2) is 6.57. The number of nitrogens with one attached hydrogen (secondary N) is 1. The predicted octanol–water partition coefficient (Wildman–Crippen LogP) is 1.33. The quantitative estimate of drug-likeness (QED) is 0.798. The Morgan fingerprint density at radius 3 is 2.50 bits per heavy atom. The molecule has 20 heavy (non-hydrogen) atoms. The summed E-state index contributed by atoms with van der Waals surface area (Å²) in [6.07, 6.45) is 4.49. The molecule has 2 fully saturated rings. The van der Waals surface area contributed by atoms with Crippen molar-refractivity contribution in [3.63, 3.8) is 0 Å². The summed E-state index contributed by atoms with van der Waals surface area (Å²) in [5.74, 6) is -0.497. The lowest BCUT2D eigenvalue weighted by Gasteiger charge is -2.38. The van der Waals surface area contributed by atoms with Crippen LogP contribution in [0.1, 0.15) is 39.5 Å². The van der Waals surface area contributed by atoms with E-state index in [-0.39, 0.29) is 17.9 Å². The zero-order valence-corrected chi connectivity index (χ0v) is 12.5. The molecule has 0 aromatic carbocycles. The Balaban J connectivity index is 1.92. The number of carbonyl (C=O) groups excluding carboxylic acids is 1. The molecule has 1 heterocycles. The Labute approximate surface area is 120 Å². The molecule has 0 spiro atoms. The van der Waals surface area contributed by atoms with Crippen LogP contribution in [-0.2, 0) is 9.59 Å². The second-order valence-corrected chi connectivity index (χ2v) is 6.57. The second-order valence-electron chi connectivity index (χ2n) is 6.57. The van der Waals surface area contributed by atoms with Gasteiger partial charge in [0.1, 0.15) is 0 Å². The molecule has 2 rings (SSSR count). The number of aliphatic carboxylic acids is 1. The standard InChI is InChI=1S/C15H26N2O3/c1-10(2)14(18)17-8-12(15(19)20)6-13(9-17)16-7-11-4-3-5-11/h10-13,16H,3-9H2,1-2H3,(H,19,20). The van der Waals surface area contributed by atoms with E-state index in [0.717, 1.165) is 12.5 Å². The summed E-state index contributed by atoms with van der Waals surface area (Å²) in [5.41, 5.74) is 0. The molecule has 2 aliphatic rings. The van der Waals surface area contributed by atoms with Gasteiger partial charge in [-0.2, -0.15) is 0 Å². The number of amides is 1. The van der Waals surface area contributed by atoms with E-state index in [1.807, 2.05) is 13.8 Å². The Morgan fingerprint density at radius 1 is 1.30 bits per heavy atom. The van der Waals surface area contributed by atoms with Crippen LogP contribution in [0.25, 0.3) is 0 Å². The van der Waals surface area contributed by atoms with E-state index in [9.17, 15) is 14.7 Å². The fourth-order valence-corrected chi connectivity index (χ4v) is 3.00. The van der Waals surface area contributed by atoms with Crippen LogP contribution in [0.3, 0.4) is 0 Å². The van der Waals surface area contributed by atoms with Crippen LogP contribution in [0.4, 0.5) is 0 Å². The van der Waals surface area contributed by atoms with Crippen LogP contribution in [0.5, 0.6) is 0 Å². The van der Waals surface area contributed by atoms with E-state index in [0.29, 0.717) is 19.5 Å². The van der Waals surface area contributed by atoms with E-state index in [1.165, 1.54) is 19.3 Å². The zero-order chi connectivity index (χ0) is 14.7. The minimum Gasteiger partial charge on any atom is -0.481 e. The molecule has 1 amide bonds. The van der Waals surface area contributed by atoms with E-state index in [4.69, 9.17) is 0 Å². The van der Waals surface area contributed by atoms with Crippen molar-refractivity contribution in [3.05, 3.63) is 0 Å². The molecular formula is C15H26N2O3. The number of carbonyl (C=O) groups is 2. The monoisotopic (exact) mass is 282 g/mol. The molecule has 2 unspecified atom stereocenters. The SMILES string of the molecule is CC(C)C(=O)N1CC(NCC2CCC2)CC(C(=O)O)C1. The fourth-order valence-electron chi connectivity index (χ4n) is 3.00. The summed E-state index contributed by atoms with van der Waals surface area (Å²) in [5, 5.41) is 12.7. The van der Waals surface area contributed by atoms with E-state index >= 15 is 0 Å². The topological polar surface area (TPSA) is 69.6 Å². The Bertz CT molecular complexity index is 366. The Hall–Kier alpha value is -1.10. The highest BCUT2D eigenvalue weighted by Crippen LogP contribution is 2.26. The summed E-state index contributed by atoms with van der Waals surface area (Å²) in [6.45, 7) is 5.69. The molecule has 1 saturated carbocycles. The third-order valence-corrected chi connectivity index (χ3v) is 4.53. The first-order valence-corrected chi connectivity index (χ1v) is 7.72. The lowest BCUT2D eigenvalue weighted by Crippen LogP contribution is -2.54. The van der Waals surface area contributed by atoms with Crippen molar-refractivity contribution >= 4 is 11.9 Å². The lowest BCUT2D eigenvalue weighted by molar-refractivity contribution is -0.147. The van der Waals surface area contributed by atoms with Crippen LogP contribution in [0, 0.1) is 17.8 Å². The highest BCUT2D eigenvalue weighted by molar-refractivity contribution is 5.79. The normalized spacial score (nSPS) is 27.4.